The third-order valence-electron chi connectivity index (χ3n) is 3.21. The number of carbonyl (C=O) groups excluding carboxylic acids is 1. The number of hydrogen-bond acceptors (Lipinski definition) is 3. The summed E-state index contributed by atoms with van der Waals surface area (Å²) >= 11 is 0. The van der Waals surface area contributed by atoms with Crippen molar-refractivity contribution in [3.05, 3.63) is 24.0 Å². The van der Waals surface area contributed by atoms with E-state index in [4.69, 9.17) is 5.11 Å². The molecule has 0 saturated carbocycles. The van der Waals surface area contributed by atoms with Crippen molar-refractivity contribution in [3.63, 3.8) is 0 Å². The van der Waals surface area contributed by atoms with Crippen molar-refractivity contribution < 1.29 is 14.7 Å². The van der Waals surface area contributed by atoms with Crippen molar-refractivity contribution in [1.29, 1.82) is 0 Å². The molecule has 1 rings (SSSR count). The summed E-state index contributed by atoms with van der Waals surface area (Å²) < 4.78 is 0. The molecule has 2 amide bonds. The molecule has 0 bridgehead atoms. The van der Waals surface area contributed by atoms with E-state index in [1.54, 1.807) is 19.3 Å². The van der Waals surface area contributed by atoms with E-state index in [0.717, 1.165) is 18.4 Å². The number of nitrogens with one attached hydrogen (secondary N) is 2. The fourth-order valence-electron chi connectivity index (χ4n) is 1.94. The predicted molar refractivity (Wildman–Crippen MR) is 81.2 cm³/mol. The van der Waals surface area contributed by atoms with Crippen LogP contribution in [0.4, 0.5) is 10.5 Å². The molecule has 21 heavy (non-hydrogen) atoms. The molecule has 0 fully saturated rings. The molecule has 1 aromatic rings. The number of hydrogen-bond donors (Lipinski definition) is 3. The van der Waals surface area contributed by atoms with Crippen LogP contribution in [0.5, 0.6) is 0 Å². The lowest BCUT2D eigenvalue weighted by molar-refractivity contribution is -0.141. The summed E-state index contributed by atoms with van der Waals surface area (Å²) in [5.41, 5.74) is 1.63. The largest absolute Gasteiger partial charge is 0.481 e. The summed E-state index contributed by atoms with van der Waals surface area (Å²) in [6, 6.07) is 1.55. The molecule has 6 nitrogen and oxygen atoms in total. The summed E-state index contributed by atoms with van der Waals surface area (Å²) in [4.78, 5) is 26.5. The van der Waals surface area contributed by atoms with Gasteiger partial charge in [-0.2, -0.15) is 0 Å². The number of anilines is 1. The van der Waals surface area contributed by atoms with Crippen LogP contribution in [-0.4, -0.2) is 28.1 Å². The van der Waals surface area contributed by atoms with E-state index >= 15 is 0 Å². The first-order valence-electron chi connectivity index (χ1n) is 7.10. The minimum Gasteiger partial charge on any atom is -0.481 e. The number of aryl methyl sites for hydroxylation is 1. The van der Waals surface area contributed by atoms with Crippen LogP contribution in [0, 0.1) is 12.8 Å². The van der Waals surface area contributed by atoms with Crippen LogP contribution in [0.1, 0.15) is 38.7 Å². The first-order chi connectivity index (χ1) is 9.88. The topological polar surface area (TPSA) is 91.3 Å². The molecular weight excluding hydrogens is 270 g/mol. The van der Waals surface area contributed by atoms with E-state index in [1.807, 2.05) is 19.9 Å². The Kier molecular flexibility index (Phi) is 6.65. The number of rotatable bonds is 7. The number of aliphatic carboxylic acids is 1. The Labute approximate surface area is 125 Å². The molecule has 0 aliphatic rings. The standard InChI is InChI=1S/C15H23N3O3/c1-10-7-13(9-16-8-10)18-15(21)17-12(3)6-4-5-11(2)14(19)20/h7-9,11-12H,4-6H2,1-3H3,(H,19,20)(H2,17,18,21). The summed E-state index contributed by atoms with van der Waals surface area (Å²) in [7, 11) is 0. The van der Waals surface area contributed by atoms with E-state index in [2.05, 4.69) is 15.6 Å². The second-order valence-electron chi connectivity index (χ2n) is 5.42. The van der Waals surface area contributed by atoms with Gasteiger partial charge in [0.25, 0.3) is 0 Å². The van der Waals surface area contributed by atoms with Crippen LogP contribution < -0.4 is 10.6 Å². The van der Waals surface area contributed by atoms with Gasteiger partial charge in [0.15, 0.2) is 0 Å². The van der Waals surface area contributed by atoms with E-state index in [1.165, 1.54) is 0 Å². The Morgan fingerprint density at radius 3 is 2.62 bits per heavy atom. The van der Waals surface area contributed by atoms with Crippen LogP contribution in [0.3, 0.4) is 0 Å². The molecule has 3 N–H and O–H groups in total. The normalized spacial score (nSPS) is 13.3. The maximum absolute atomic E-state index is 11.8. The number of nitrogens with zero attached hydrogens (tertiary/aromatic N) is 1. The van der Waals surface area contributed by atoms with Gasteiger partial charge in [-0.3, -0.25) is 9.78 Å². The SMILES string of the molecule is Cc1cncc(NC(=O)NC(C)CCCC(C)C(=O)O)c1. The number of aromatic nitrogens is 1. The zero-order valence-electron chi connectivity index (χ0n) is 12.7. The fraction of sp³-hybridized carbons (Fsp3) is 0.533. The summed E-state index contributed by atoms with van der Waals surface area (Å²) in [6.07, 6.45) is 5.43. The van der Waals surface area contributed by atoms with Gasteiger partial charge in [0, 0.05) is 12.2 Å². The van der Waals surface area contributed by atoms with E-state index in [-0.39, 0.29) is 18.0 Å². The van der Waals surface area contributed by atoms with Gasteiger partial charge in [-0.25, -0.2) is 4.79 Å². The molecular formula is C15H23N3O3. The summed E-state index contributed by atoms with van der Waals surface area (Å²) in [5.74, 6) is -1.12. The van der Waals surface area contributed by atoms with E-state index in [9.17, 15) is 9.59 Å². The average molecular weight is 293 g/mol. The van der Waals surface area contributed by atoms with Crippen LogP contribution in [-0.2, 0) is 4.79 Å². The molecule has 0 aliphatic heterocycles. The molecule has 0 aliphatic carbocycles. The van der Waals surface area contributed by atoms with Crippen LogP contribution in [0.25, 0.3) is 0 Å². The first kappa shape index (κ1) is 16.9. The lowest BCUT2D eigenvalue weighted by Gasteiger charge is -2.15. The Hall–Kier alpha value is -2.11. The van der Waals surface area contributed by atoms with Crippen molar-refractivity contribution in [2.24, 2.45) is 5.92 Å². The lowest BCUT2D eigenvalue weighted by atomic mass is 10.0. The molecule has 0 radical (unpaired) electrons. The van der Waals surface area contributed by atoms with Gasteiger partial charge in [0.2, 0.25) is 0 Å². The van der Waals surface area contributed by atoms with Crippen molar-refractivity contribution in [2.75, 3.05) is 5.32 Å². The van der Waals surface area contributed by atoms with Gasteiger partial charge in [-0.05, 0) is 38.3 Å². The van der Waals surface area contributed by atoms with Gasteiger partial charge < -0.3 is 15.7 Å². The Morgan fingerprint density at radius 2 is 2.00 bits per heavy atom. The Bertz CT molecular complexity index is 491. The highest BCUT2D eigenvalue weighted by molar-refractivity contribution is 5.89. The van der Waals surface area contributed by atoms with Crippen molar-refractivity contribution in [3.8, 4) is 0 Å². The third kappa shape index (κ3) is 6.74. The van der Waals surface area contributed by atoms with Gasteiger partial charge in [0.1, 0.15) is 0 Å². The number of carboxylic acid groups (broad SMARTS) is 1. The van der Waals surface area contributed by atoms with Crippen molar-refractivity contribution in [1.82, 2.24) is 10.3 Å². The smallest absolute Gasteiger partial charge is 0.319 e. The van der Waals surface area contributed by atoms with E-state index < -0.39 is 5.97 Å². The number of amides is 2. The van der Waals surface area contributed by atoms with Crippen molar-refractivity contribution >= 4 is 17.7 Å². The number of urea groups is 1. The summed E-state index contributed by atoms with van der Waals surface area (Å²) in [6.45, 7) is 5.50. The molecule has 0 spiro atoms. The van der Waals surface area contributed by atoms with Gasteiger partial charge >= 0.3 is 12.0 Å². The number of carboxylic acids is 1. The van der Waals surface area contributed by atoms with Gasteiger partial charge in [-0.1, -0.05) is 13.3 Å². The minimum absolute atomic E-state index is 0.0104. The highest BCUT2D eigenvalue weighted by Crippen LogP contribution is 2.10. The monoisotopic (exact) mass is 293 g/mol. The molecule has 1 heterocycles. The minimum atomic E-state index is -0.777. The van der Waals surface area contributed by atoms with Crippen LogP contribution in [0.2, 0.25) is 0 Å². The highest BCUT2D eigenvalue weighted by atomic mass is 16.4. The maximum Gasteiger partial charge on any atom is 0.319 e. The maximum atomic E-state index is 11.8. The average Bonchev–Trinajstić information content (AvgIpc) is 2.37. The zero-order chi connectivity index (χ0) is 15.8. The Balaban J connectivity index is 2.29. The fourth-order valence-corrected chi connectivity index (χ4v) is 1.94. The van der Waals surface area contributed by atoms with Crippen molar-refractivity contribution in [2.45, 2.75) is 46.1 Å². The zero-order valence-corrected chi connectivity index (χ0v) is 12.7. The third-order valence-corrected chi connectivity index (χ3v) is 3.21. The molecule has 2 unspecified atom stereocenters. The second-order valence-corrected chi connectivity index (χ2v) is 5.42. The number of pyridine rings is 1. The van der Waals surface area contributed by atoms with E-state index in [0.29, 0.717) is 12.1 Å². The predicted octanol–water partition coefficient (Wildman–Crippen LogP) is 2.79. The Morgan fingerprint density at radius 1 is 1.29 bits per heavy atom. The molecule has 0 aromatic carbocycles. The lowest BCUT2D eigenvalue weighted by Crippen LogP contribution is -2.36. The first-order valence-corrected chi connectivity index (χ1v) is 7.10. The molecule has 116 valence electrons. The van der Waals surface area contributed by atoms with Gasteiger partial charge in [0.05, 0.1) is 17.8 Å². The van der Waals surface area contributed by atoms with Crippen LogP contribution >= 0.6 is 0 Å². The highest BCUT2D eigenvalue weighted by Gasteiger charge is 2.12. The molecule has 2 atom stereocenters. The molecule has 1 aromatic heterocycles. The molecule has 6 heteroatoms. The quantitative estimate of drug-likeness (QED) is 0.721. The second kappa shape index (κ2) is 8.24. The summed E-state index contributed by atoms with van der Waals surface area (Å²) in [5, 5.41) is 14.3. The van der Waals surface area contributed by atoms with Crippen LogP contribution in [0.15, 0.2) is 18.5 Å². The van der Waals surface area contributed by atoms with Gasteiger partial charge in [-0.15, -0.1) is 0 Å². The molecule has 0 saturated heterocycles. The number of carbonyl (C=O) groups is 2.